The fraction of sp³-hybridized carbons (Fsp3) is 0.227. The van der Waals surface area contributed by atoms with Crippen molar-refractivity contribution >= 4 is 23.0 Å². The summed E-state index contributed by atoms with van der Waals surface area (Å²) in [5.41, 5.74) is 5.34. The van der Waals surface area contributed by atoms with Crippen LogP contribution in [0.15, 0.2) is 65.9 Å². The second kappa shape index (κ2) is 8.70. The molecule has 2 aromatic carbocycles. The third kappa shape index (κ3) is 4.52. The molecule has 1 fully saturated rings. The molecule has 1 aliphatic rings. The van der Waals surface area contributed by atoms with Crippen LogP contribution < -0.4 is 10.2 Å². The van der Waals surface area contributed by atoms with Gasteiger partial charge in [0.2, 0.25) is 5.95 Å². The lowest BCUT2D eigenvalue weighted by molar-refractivity contribution is 0.122. The van der Waals surface area contributed by atoms with E-state index in [-0.39, 0.29) is 0 Å². The summed E-state index contributed by atoms with van der Waals surface area (Å²) in [6.45, 7) is 5.13. The number of oxime groups is 1. The predicted octanol–water partition coefficient (Wildman–Crippen LogP) is 3.92. The molecule has 1 aliphatic heterocycles. The normalized spacial score (nSPS) is 14.7. The molecule has 1 aromatic heterocycles. The highest BCUT2D eigenvalue weighted by molar-refractivity contribution is 5.98. The molecule has 1 saturated heterocycles. The number of aromatic nitrogens is 2. The smallest absolute Gasteiger partial charge is 0.227 e. The van der Waals surface area contributed by atoms with Crippen molar-refractivity contribution in [3.8, 4) is 11.3 Å². The number of ether oxygens (including phenoxy) is 1. The summed E-state index contributed by atoms with van der Waals surface area (Å²) in [6.07, 6.45) is 1.74. The lowest BCUT2D eigenvalue weighted by atomic mass is 10.1. The average molecular weight is 389 g/mol. The first-order chi connectivity index (χ1) is 14.2. The number of benzene rings is 2. The van der Waals surface area contributed by atoms with Crippen LogP contribution in [0.5, 0.6) is 0 Å². The van der Waals surface area contributed by atoms with E-state index in [9.17, 15) is 0 Å². The molecule has 0 saturated carbocycles. The minimum absolute atomic E-state index is 0.541. The second-order valence-electron chi connectivity index (χ2n) is 6.80. The van der Waals surface area contributed by atoms with E-state index in [1.165, 1.54) is 5.69 Å². The lowest BCUT2D eigenvalue weighted by Gasteiger charge is -2.28. The first kappa shape index (κ1) is 18.9. The minimum atomic E-state index is 0.541. The van der Waals surface area contributed by atoms with Crippen LogP contribution in [0.25, 0.3) is 11.3 Å². The molecule has 0 bridgehead atoms. The van der Waals surface area contributed by atoms with Crippen LogP contribution in [-0.4, -0.2) is 47.2 Å². The molecule has 0 spiro atoms. The number of rotatable bonds is 5. The number of nitrogens with zero attached hydrogens (tertiary/aromatic N) is 4. The van der Waals surface area contributed by atoms with E-state index < -0.39 is 0 Å². The van der Waals surface area contributed by atoms with Crippen LogP contribution in [0.3, 0.4) is 0 Å². The molecule has 3 aromatic rings. The highest BCUT2D eigenvalue weighted by atomic mass is 16.5. The van der Waals surface area contributed by atoms with Crippen molar-refractivity contribution in [3.63, 3.8) is 0 Å². The molecule has 2 heterocycles. The Kier molecular flexibility index (Phi) is 5.67. The van der Waals surface area contributed by atoms with Gasteiger partial charge in [0.05, 0.1) is 24.6 Å². The summed E-state index contributed by atoms with van der Waals surface area (Å²) in [5.74, 6) is 0.541. The molecule has 7 nitrogen and oxygen atoms in total. The van der Waals surface area contributed by atoms with Gasteiger partial charge >= 0.3 is 0 Å². The van der Waals surface area contributed by atoms with Gasteiger partial charge in [-0.25, -0.2) is 9.97 Å². The molecule has 0 amide bonds. The zero-order valence-corrected chi connectivity index (χ0v) is 16.2. The minimum Gasteiger partial charge on any atom is -0.411 e. The third-order valence-electron chi connectivity index (χ3n) is 4.90. The molecule has 7 heteroatoms. The van der Waals surface area contributed by atoms with Gasteiger partial charge in [0.1, 0.15) is 0 Å². The standard InChI is InChI=1S/C22H23N5O2/c1-16(26-28)17-2-4-18(5-3-17)21-10-11-23-22(25-21)24-19-6-8-20(9-7-19)27-12-14-29-15-13-27/h2-11,28H,12-15H2,1H3,(H,23,24,25). The number of hydrogen-bond acceptors (Lipinski definition) is 7. The van der Waals surface area contributed by atoms with Crippen molar-refractivity contribution in [1.29, 1.82) is 0 Å². The van der Waals surface area contributed by atoms with Crippen molar-refractivity contribution in [1.82, 2.24) is 9.97 Å². The Labute approximate surface area is 169 Å². The van der Waals surface area contributed by atoms with Crippen LogP contribution in [-0.2, 0) is 4.74 Å². The van der Waals surface area contributed by atoms with E-state index in [4.69, 9.17) is 9.94 Å². The molecular weight excluding hydrogens is 366 g/mol. The summed E-state index contributed by atoms with van der Waals surface area (Å²) in [5, 5.41) is 15.4. The number of anilines is 3. The summed E-state index contributed by atoms with van der Waals surface area (Å²) < 4.78 is 5.41. The Morgan fingerprint density at radius 3 is 2.45 bits per heavy atom. The molecule has 29 heavy (non-hydrogen) atoms. The predicted molar refractivity (Wildman–Crippen MR) is 114 cm³/mol. The first-order valence-corrected chi connectivity index (χ1v) is 9.55. The van der Waals surface area contributed by atoms with E-state index in [2.05, 4.69) is 37.5 Å². The molecule has 0 unspecified atom stereocenters. The number of hydrogen-bond donors (Lipinski definition) is 2. The summed E-state index contributed by atoms with van der Waals surface area (Å²) in [7, 11) is 0. The van der Waals surface area contributed by atoms with Gasteiger partial charge in [0.25, 0.3) is 0 Å². The average Bonchev–Trinajstić information content (AvgIpc) is 2.80. The molecule has 0 radical (unpaired) electrons. The summed E-state index contributed by atoms with van der Waals surface area (Å²) in [4.78, 5) is 11.3. The van der Waals surface area contributed by atoms with Crippen LogP contribution in [0.2, 0.25) is 0 Å². The van der Waals surface area contributed by atoms with Crippen LogP contribution in [0, 0.1) is 0 Å². The van der Waals surface area contributed by atoms with Gasteiger partial charge in [-0.15, -0.1) is 0 Å². The van der Waals surface area contributed by atoms with E-state index in [1.807, 2.05) is 42.5 Å². The largest absolute Gasteiger partial charge is 0.411 e. The molecule has 148 valence electrons. The van der Waals surface area contributed by atoms with Gasteiger partial charge < -0.3 is 20.2 Å². The van der Waals surface area contributed by atoms with Crippen molar-refractivity contribution in [2.45, 2.75) is 6.92 Å². The fourth-order valence-corrected chi connectivity index (χ4v) is 3.23. The van der Waals surface area contributed by atoms with Crippen LogP contribution in [0.1, 0.15) is 12.5 Å². The highest BCUT2D eigenvalue weighted by Crippen LogP contribution is 2.23. The molecule has 2 N–H and O–H groups in total. The Morgan fingerprint density at radius 2 is 1.76 bits per heavy atom. The van der Waals surface area contributed by atoms with Crippen molar-refractivity contribution in [2.75, 3.05) is 36.5 Å². The van der Waals surface area contributed by atoms with Crippen molar-refractivity contribution in [3.05, 3.63) is 66.4 Å². The second-order valence-corrected chi connectivity index (χ2v) is 6.80. The SMILES string of the molecule is CC(=NO)c1ccc(-c2ccnc(Nc3ccc(N4CCOCC4)cc3)n2)cc1. The van der Waals surface area contributed by atoms with E-state index in [0.29, 0.717) is 11.7 Å². The van der Waals surface area contributed by atoms with Gasteiger partial charge in [0.15, 0.2) is 0 Å². The maximum Gasteiger partial charge on any atom is 0.227 e. The monoisotopic (exact) mass is 389 g/mol. The topological polar surface area (TPSA) is 82.9 Å². The van der Waals surface area contributed by atoms with Crippen molar-refractivity contribution < 1.29 is 9.94 Å². The van der Waals surface area contributed by atoms with E-state index in [0.717, 1.165) is 48.8 Å². The number of morpholine rings is 1. The van der Waals surface area contributed by atoms with Gasteiger partial charge in [-0.05, 0) is 42.8 Å². The zero-order chi connectivity index (χ0) is 20.1. The molecule has 0 aliphatic carbocycles. The molecular formula is C22H23N5O2. The lowest BCUT2D eigenvalue weighted by Crippen LogP contribution is -2.36. The van der Waals surface area contributed by atoms with Gasteiger partial charge in [0, 0.05) is 36.2 Å². The Balaban J connectivity index is 1.47. The van der Waals surface area contributed by atoms with Crippen LogP contribution >= 0.6 is 0 Å². The first-order valence-electron chi connectivity index (χ1n) is 9.55. The van der Waals surface area contributed by atoms with Gasteiger partial charge in [-0.2, -0.15) is 0 Å². The molecule has 4 rings (SSSR count). The Morgan fingerprint density at radius 1 is 1.03 bits per heavy atom. The quantitative estimate of drug-likeness (QED) is 0.391. The van der Waals surface area contributed by atoms with Gasteiger partial charge in [-0.1, -0.05) is 29.4 Å². The third-order valence-corrected chi connectivity index (χ3v) is 4.90. The zero-order valence-electron chi connectivity index (χ0n) is 16.2. The number of nitrogens with one attached hydrogen (secondary N) is 1. The Bertz CT molecular complexity index is 981. The Hall–Kier alpha value is -3.45. The van der Waals surface area contributed by atoms with E-state index in [1.54, 1.807) is 13.1 Å². The van der Waals surface area contributed by atoms with Gasteiger partial charge in [-0.3, -0.25) is 0 Å². The van der Waals surface area contributed by atoms with Crippen LogP contribution in [0.4, 0.5) is 17.3 Å². The fourth-order valence-electron chi connectivity index (χ4n) is 3.23. The van der Waals surface area contributed by atoms with Crippen molar-refractivity contribution in [2.24, 2.45) is 5.16 Å². The highest BCUT2D eigenvalue weighted by Gasteiger charge is 2.11. The summed E-state index contributed by atoms with van der Waals surface area (Å²) >= 11 is 0. The maximum absolute atomic E-state index is 8.89. The summed E-state index contributed by atoms with van der Waals surface area (Å²) in [6, 6.07) is 17.9. The molecule has 0 atom stereocenters. The van der Waals surface area contributed by atoms with E-state index >= 15 is 0 Å². The maximum atomic E-state index is 8.89.